The minimum absolute atomic E-state index is 0.0345. The van der Waals surface area contributed by atoms with Crippen LogP contribution >= 0.6 is 0 Å². The van der Waals surface area contributed by atoms with Crippen LogP contribution in [0.15, 0.2) is 18.5 Å². The zero-order valence-corrected chi connectivity index (χ0v) is 14.4. The lowest BCUT2D eigenvalue weighted by atomic mass is 9.72. The molecule has 2 saturated heterocycles. The van der Waals surface area contributed by atoms with Crippen molar-refractivity contribution in [1.82, 2.24) is 19.9 Å². The number of amides is 1. The molecule has 2 aromatic heterocycles. The maximum Gasteiger partial charge on any atom is 0.407 e. The molecule has 0 radical (unpaired) electrons. The molecule has 2 aliphatic rings. The number of pyridine rings is 1. The molecule has 10 heteroatoms. The monoisotopic (exact) mass is 381 g/mol. The summed E-state index contributed by atoms with van der Waals surface area (Å²) in [4.78, 5) is 27.0. The smallest absolute Gasteiger partial charge is 0.407 e. The van der Waals surface area contributed by atoms with Gasteiger partial charge in [-0.05, 0) is 25.0 Å². The van der Waals surface area contributed by atoms with Crippen LogP contribution in [0.1, 0.15) is 18.5 Å². The average Bonchev–Trinajstić information content (AvgIpc) is 2.58. The summed E-state index contributed by atoms with van der Waals surface area (Å²) in [5.74, 6) is 0.537. The second-order valence-electron chi connectivity index (χ2n) is 7.29. The number of halogens is 3. The van der Waals surface area contributed by atoms with Gasteiger partial charge in [0.1, 0.15) is 11.8 Å². The molecule has 2 fully saturated rings. The molecule has 2 aliphatic heterocycles. The number of carboxylic acid groups (broad SMARTS) is 1. The van der Waals surface area contributed by atoms with Crippen LogP contribution in [0.4, 0.5) is 23.8 Å². The number of fused-ring (bicyclic) bond motifs is 1. The number of anilines is 1. The van der Waals surface area contributed by atoms with Crippen molar-refractivity contribution in [3.8, 4) is 0 Å². The third-order valence-corrected chi connectivity index (χ3v) is 5.35. The van der Waals surface area contributed by atoms with E-state index in [1.54, 1.807) is 0 Å². The van der Waals surface area contributed by atoms with Crippen molar-refractivity contribution in [2.24, 2.45) is 5.41 Å². The molecule has 1 amide bonds. The van der Waals surface area contributed by atoms with E-state index in [2.05, 4.69) is 15.0 Å². The minimum atomic E-state index is -4.32. The molecule has 0 atom stereocenters. The third kappa shape index (κ3) is 3.47. The van der Waals surface area contributed by atoms with Gasteiger partial charge in [0, 0.05) is 31.6 Å². The first-order valence-electron chi connectivity index (χ1n) is 8.65. The number of aromatic nitrogens is 3. The lowest BCUT2D eigenvalue weighted by molar-refractivity contribution is -0.127. The highest BCUT2D eigenvalue weighted by Crippen LogP contribution is 2.43. The summed E-state index contributed by atoms with van der Waals surface area (Å²) < 4.78 is 38.0. The molecule has 7 nitrogen and oxygen atoms in total. The Balaban J connectivity index is 1.53. The van der Waals surface area contributed by atoms with E-state index < -0.39 is 18.7 Å². The van der Waals surface area contributed by atoms with E-state index in [1.807, 2.05) is 4.90 Å². The Labute approximate surface area is 152 Å². The quantitative estimate of drug-likeness (QED) is 0.861. The van der Waals surface area contributed by atoms with Gasteiger partial charge in [-0.1, -0.05) is 0 Å². The van der Waals surface area contributed by atoms with E-state index in [-0.39, 0.29) is 11.1 Å². The molecular formula is C17H18F3N5O2. The van der Waals surface area contributed by atoms with Crippen molar-refractivity contribution in [2.75, 3.05) is 31.1 Å². The molecule has 0 unspecified atom stereocenters. The second kappa shape index (κ2) is 6.21. The van der Waals surface area contributed by atoms with Gasteiger partial charge < -0.3 is 14.9 Å². The van der Waals surface area contributed by atoms with Gasteiger partial charge in [-0.3, -0.25) is 0 Å². The van der Waals surface area contributed by atoms with Gasteiger partial charge in [0.15, 0.2) is 5.82 Å². The summed E-state index contributed by atoms with van der Waals surface area (Å²) in [7, 11) is 0. The van der Waals surface area contributed by atoms with E-state index in [0.29, 0.717) is 43.0 Å². The number of piperidine rings is 1. The largest absolute Gasteiger partial charge is 0.465 e. The molecule has 4 rings (SSSR count). The highest BCUT2D eigenvalue weighted by molar-refractivity contribution is 5.86. The number of rotatable bonds is 2. The van der Waals surface area contributed by atoms with Crippen molar-refractivity contribution >= 4 is 22.9 Å². The molecule has 1 N–H and O–H groups in total. The first kappa shape index (κ1) is 17.7. The number of nitrogens with zero attached hydrogens (tertiary/aromatic N) is 5. The van der Waals surface area contributed by atoms with Crippen LogP contribution in [0.5, 0.6) is 0 Å². The molecule has 0 saturated carbocycles. The van der Waals surface area contributed by atoms with Crippen LogP contribution in [0.25, 0.3) is 11.0 Å². The highest BCUT2D eigenvalue weighted by atomic mass is 19.4. The number of hydrogen-bond donors (Lipinski definition) is 1. The fraction of sp³-hybridized carbons (Fsp3) is 0.529. The Kier molecular flexibility index (Phi) is 4.08. The lowest BCUT2D eigenvalue weighted by Gasteiger charge is -2.54. The SMILES string of the molecule is O=C(O)N1CCC2(CC1)CN(c1ncnc3ccc(CC(F)(F)F)nc13)C2. The number of likely N-dealkylation sites (tertiary alicyclic amines) is 1. The van der Waals surface area contributed by atoms with Crippen LogP contribution in [0, 0.1) is 5.41 Å². The highest BCUT2D eigenvalue weighted by Gasteiger charge is 2.46. The van der Waals surface area contributed by atoms with Crippen LogP contribution in [0.3, 0.4) is 0 Å². The number of hydrogen-bond acceptors (Lipinski definition) is 5. The van der Waals surface area contributed by atoms with Crippen molar-refractivity contribution in [1.29, 1.82) is 0 Å². The van der Waals surface area contributed by atoms with Gasteiger partial charge in [-0.2, -0.15) is 13.2 Å². The molecule has 4 heterocycles. The van der Waals surface area contributed by atoms with Gasteiger partial charge in [0.05, 0.1) is 17.6 Å². The van der Waals surface area contributed by atoms with Crippen LogP contribution in [-0.2, 0) is 6.42 Å². The summed E-state index contributed by atoms with van der Waals surface area (Å²) in [6.45, 7) is 2.39. The van der Waals surface area contributed by atoms with Gasteiger partial charge in [-0.25, -0.2) is 19.7 Å². The van der Waals surface area contributed by atoms with Gasteiger partial charge >= 0.3 is 12.3 Å². The summed E-state index contributed by atoms with van der Waals surface area (Å²) in [6.07, 6.45) is -3.39. The molecule has 0 aliphatic carbocycles. The van der Waals surface area contributed by atoms with E-state index in [0.717, 1.165) is 12.8 Å². The predicted octanol–water partition coefficient (Wildman–Crippen LogP) is 2.71. The third-order valence-electron chi connectivity index (χ3n) is 5.35. The molecule has 27 heavy (non-hydrogen) atoms. The fourth-order valence-electron chi connectivity index (χ4n) is 3.90. The first-order chi connectivity index (χ1) is 12.7. The van der Waals surface area contributed by atoms with Crippen LogP contribution in [-0.4, -0.2) is 63.4 Å². The van der Waals surface area contributed by atoms with Crippen molar-refractivity contribution in [3.63, 3.8) is 0 Å². The average molecular weight is 381 g/mol. The standard InChI is InChI=1S/C17H18F3N5O2/c18-17(19,20)7-11-1-2-12-13(23-11)14(22-10-21-12)25-8-16(9-25)3-5-24(6-4-16)15(26)27/h1-2,10H,3-9H2,(H,26,27). The second-order valence-corrected chi connectivity index (χ2v) is 7.29. The van der Waals surface area contributed by atoms with Gasteiger partial charge in [0.2, 0.25) is 0 Å². The Morgan fingerprint density at radius 3 is 2.52 bits per heavy atom. The van der Waals surface area contributed by atoms with E-state index in [9.17, 15) is 18.0 Å². The summed E-state index contributed by atoms with van der Waals surface area (Å²) in [6, 6.07) is 2.88. The maximum absolute atomic E-state index is 12.7. The van der Waals surface area contributed by atoms with E-state index in [1.165, 1.54) is 23.4 Å². The lowest BCUT2D eigenvalue weighted by Crippen LogP contribution is -2.61. The Bertz CT molecular complexity index is 872. The molecule has 0 bridgehead atoms. The van der Waals surface area contributed by atoms with Gasteiger partial charge in [0.25, 0.3) is 0 Å². The molecule has 2 aromatic rings. The summed E-state index contributed by atoms with van der Waals surface area (Å²) in [5.41, 5.74) is 0.855. The number of carbonyl (C=O) groups is 1. The Morgan fingerprint density at radius 1 is 1.19 bits per heavy atom. The molecule has 0 aromatic carbocycles. The van der Waals surface area contributed by atoms with Crippen molar-refractivity contribution < 1.29 is 23.1 Å². The molecule has 1 spiro atoms. The van der Waals surface area contributed by atoms with Crippen LogP contribution < -0.4 is 4.90 Å². The van der Waals surface area contributed by atoms with E-state index in [4.69, 9.17) is 5.11 Å². The van der Waals surface area contributed by atoms with Crippen LogP contribution in [0.2, 0.25) is 0 Å². The van der Waals surface area contributed by atoms with Gasteiger partial charge in [-0.15, -0.1) is 0 Å². The minimum Gasteiger partial charge on any atom is -0.465 e. The predicted molar refractivity (Wildman–Crippen MR) is 90.6 cm³/mol. The van der Waals surface area contributed by atoms with Crippen molar-refractivity contribution in [3.05, 3.63) is 24.2 Å². The zero-order chi connectivity index (χ0) is 19.2. The maximum atomic E-state index is 12.7. The first-order valence-corrected chi connectivity index (χ1v) is 8.65. The Morgan fingerprint density at radius 2 is 1.89 bits per heavy atom. The zero-order valence-electron chi connectivity index (χ0n) is 14.4. The van der Waals surface area contributed by atoms with Crippen molar-refractivity contribution in [2.45, 2.75) is 25.4 Å². The molecular weight excluding hydrogens is 363 g/mol. The normalized spacial score (nSPS) is 19.4. The van der Waals surface area contributed by atoms with E-state index >= 15 is 0 Å². The summed E-state index contributed by atoms with van der Waals surface area (Å²) in [5, 5.41) is 9.06. The number of alkyl halides is 3. The summed E-state index contributed by atoms with van der Waals surface area (Å²) >= 11 is 0. The topological polar surface area (TPSA) is 82.5 Å². The fourth-order valence-corrected chi connectivity index (χ4v) is 3.90. The molecule has 144 valence electrons. The Hall–Kier alpha value is -2.65.